The number of nitrogens with one attached hydrogen (secondary N) is 1. The van der Waals surface area contributed by atoms with Crippen LogP contribution in [0.15, 0.2) is 41.5 Å². The molecule has 2 saturated carbocycles. The van der Waals surface area contributed by atoms with Crippen LogP contribution in [0.1, 0.15) is 79.3 Å². The van der Waals surface area contributed by atoms with E-state index >= 15 is 0 Å². The lowest BCUT2D eigenvalue weighted by Gasteiger charge is -2.68. The van der Waals surface area contributed by atoms with Crippen LogP contribution in [0.5, 0.6) is 0 Å². The number of carbonyl (C=O) groups excluding carboxylic acids is 5. The molecule has 1 saturated heterocycles. The number of fused-ring (bicyclic) bond motifs is 5. The molecule has 1 aromatic rings. The van der Waals surface area contributed by atoms with Crippen LogP contribution in [-0.2, 0) is 38.1 Å². The fourth-order valence-corrected chi connectivity index (χ4v) is 9.80. The van der Waals surface area contributed by atoms with Crippen LogP contribution in [0.4, 0.5) is 4.79 Å². The molecule has 52 heavy (non-hydrogen) atoms. The summed E-state index contributed by atoms with van der Waals surface area (Å²) >= 11 is 0. The van der Waals surface area contributed by atoms with Crippen molar-refractivity contribution in [1.29, 1.82) is 0 Å². The van der Waals surface area contributed by atoms with Crippen LogP contribution in [-0.4, -0.2) is 109 Å². The van der Waals surface area contributed by atoms with Crippen molar-refractivity contribution in [2.45, 2.75) is 110 Å². The predicted molar refractivity (Wildman–Crippen MR) is 189 cm³/mol. The molecule has 5 rings (SSSR count). The van der Waals surface area contributed by atoms with E-state index in [-0.39, 0.29) is 30.9 Å². The summed E-state index contributed by atoms with van der Waals surface area (Å²) in [6.45, 7) is 12.7. The first-order valence-electron chi connectivity index (χ1n) is 17.9. The number of carbonyl (C=O) groups is 5. The molecule has 11 atom stereocenters. The lowest BCUT2D eigenvalue weighted by molar-refractivity contribution is -0.302. The highest BCUT2D eigenvalue weighted by Gasteiger charge is 2.73. The minimum Gasteiger partial charge on any atom is -0.455 e. The number of aliphatic hydroxyl groups excluding tert-OH is 1. The molecule has 1 amide bonds. The Hall–Kier alpha value is -3.59. The van der Waals surface area contributed by atoms with Gasteiger partial charge in [-0.15, -0.1) is 0 Å². The Balaban J connectivity index is 1.61. The highest BCUT2D eigenvalue weighted by molar-refractivity contribution is 6.64. The van der Waals surface area contributed by atoms with Crippen LogP contribution in [0, 0.1) is 28.1 Å². The molecule has 3 fully saturated rings. The van der Waals surface area contributed by atoms with Crippen LogP contribution in [0.25, 0.3) is 0 Å². The molecule has 1 heterocycles. The number of ether oxygens (including phenoxy) is 4. The van der Waals surface area contributed by atoms with Crippen LogP contribution >= 0.6 is 0 Å². The van der Waals surface area contributed by atoms with Crippen molar-refractivity contribution >= 4 is 37.4 Å². The Kier molecular flexibility index (Phi) is 10.9. The van der Waals surface area contributed by atoms with E-state index in [1.54, 1.807) is 79.0 Å². The maximum atomic E-state index is 14.9. The SMILES string of the molecule is CCC(=O)O[C@@H](C(=O)O[C@H]1C[C@@]2(O)[C@@H](C)[C@@H]3[C@]4(C)CO[C@@H]4C[C@H](OC(=O)N(C)C)[C@@]3(C)C(=O)[C@H](O)C(=C1C)C2(C)C)[C@@H](N[B]C=O)c1ccccc1. The van der Waals surface area contributed by atoms with Gasteiger partial charge in [0.2, 0.25) is 6.10 Å². The molecule has 0 spiro atoms. The smallest absolute Gasteiger partial charge is 0.409 e. The van der Waals surface area contributed by atoms with E-state index in [9.17, 15) is 34.2 Å². The largest absolute Gasteiger partial charge is 0.455 e. The van der Waals surface area contributed by atoms with Gasteiger partial charge in [0.25, 0.3) is 7.41 Å². The molecule has 283 valence electrons. The topological polar surface area (TPSA) is 178 Å². The molecule has 1 aromatic carbocycles. The number of amides is 1. The van der Waals surface area contributed by atoms with Gasteiger partial charge in [0, 0.05) is 44.2 Å². The van der Waals surface area contributed by atoms with Gasteiger partial charge in [-0.3, -0.25) is 9.59 Å². The number of rotatable bonds is 10. The van der Waals surface area contributed by atoms with Gasteiger partial charge >= 0.3 is 18.0 Å². The Morgan fingerprint density at radius 1 is 1.13 bits per heavy atom. The molecule has 0 unspecified atom stereocenters. The van der Waals surface area contributed by atoms with Gasteiger partial charge in [-0.05, 0) is 42.4 Å². The summed E-state index contributed by atoms with van der Waals surface area (Å²) in [7, 11) is 4.19. The van der Waals surface area contributed by atoms with E-state index in [2.05, 4.69) is 5.23 Å². The van der Waals surface area contributed by atoms with Gasteiger partial charge in [0.05, 0.1) is 36.0 Å². The monoisotopic (exact) mass is 723 g/mol. The van der Waals surface area contributed by atoms with Gasteiger partial charge in [-0.2, -0.15) is 0 Å². The standard InChI is InChI=1S/C38H52BN2O11/c1-10-26(43)52-30(28(40-39-19-42)22-14-12-11-13-15-22)33(46)50-23-17-38(48)21(3)31-36(6)18-49-24(36)16-25(51-34(47)41(8)9)37(31,7)32(45)29(44)27(20(23)2)35(38,4)5/h11-15,19,21,23-25,28-31,40,44,48H,10,16-18H2,1-9H3/t21-,23-,24+,25-,28-,29+,30+,31+,36+,37+,38+/m0/s1. The minimum atomic E-state index is -1.75. The van der Waals surface area contributed by atoms with E-state index in [0.29, 0.717) is 23.9 Å². The molecule has 4 aliphatic rings. The van der Waals surface area contributed by atoms with Crippen molar-refractivity contribution in [3.05, 3.63) is 47.0 Å². The normalized spacial score (nSPS) is 35.9. The number of hydrogen-bond donors (Lipinski definition) is 3. The van der Waals surface area contributed by atoms with Gasteiger partial charge in [-0.25, -0.2) is 9.59 Å². The Bertz CT molecular complexity index is 1620. The third-order valence-corrected chi connectivity index (χ3v) is 12.7. The molecule has 13 nitrogen and oxygen atoms in total. The third-order valence-electron chi connectivity index (χ3n) is 12.7. The Morgan fingerprint density at radius 3 is 2.35 bits per heavy atom. The molecule has 0 aromatic heterocycles. The van der Waals surface area contributed by atoms with Crippen molar-refractivity contribution in [2.75, 3.05) is 20.7 Å². The van der Waals surface area contributed by atoms with E-state index in [1.165, 1.54) is 4.90 Å². The minimum absolute atomic E-state index is 0.0383. The van der Waals surface area contributed by atoms with Crippen molar-refractivity contribution in [3.8, 4) is 0 Å². The molecular formula is C38H52BN2O11. The zero-order valence-electron chi connectivity index (χ0n) is 31.5. The number of benzene rings is 1. The van der Waals surface area contributed by atoms with E-state index in [0.717, 1.165) is 7.41 Å². The van der Waals surface area contributed by atoms with Crippen LogP contribution in [0.3, 0.4) is 0 Å². The Morgan fingerprint density at radius 2 is 1.79 bits per heavy atom. The highest BCUT2D eigenvalue weighted by atomic mass is 16.6. The molecule has 14 heteroatoms. The number of esters is 2. The summed E-state index contributed by atoms with van der Waals surface area (Å²) in [5.74, 6) is -3.51. The maximum Gasteiger partial charge on any atom is 0.409 e. The summed E-state index contributed by atoms with van der Waals surface area (Å²) in [4.78, 5) is 67.5. The van der Waals surface area contributed by atoms with Gasteiger partial charge in [0.15, 0.2) is 5.78 Å². The number of nitrogens with zero attached hydrogens (tertiary/aromatic N) is 1. The first kappa shape index (κ1) is 39.6. The molecule has 1 radical (unpaired) electrons. The quantitative estimate of drug-likeness (QED) is 0.106. The van der Waals surface area contributed by atoms with Gasteiger partial charge in [-0.1, -0.05) is 65.0 Å². The Labute approximate surface area is 306 Å². The molecule has 3 aliphatic carbocycles. The third kappa shape index (κ3) is 6.18. The molecule has 3 N–H and O–H groups in total. The van der Waals surface area contributed by atoms with Gasteiger partial charge < -0.3 is 44.1 Å². The highest BCUT2D eigenvalue weighted by Crippen LogP contribution is 2.67. The van der Waals surface area contributed by atoms with Crippen molar-refractivity contribution in [1.82, 2.24) is 10.1 Å². The second kappa shape index (κ2) is 14.3. The summed E-state index contributed by atoms with van der Waals surface area (Å²) in [5, 5.41) is 28.2. The van der Waals surface area contributed by atoms with Crippen LogP contribution < -0.4 is 5.23 Å². The second-order valence-electron chi connectivity index (χ2n) is 16.0. The number of Topliss-reactive ketones (excluding diaryl/α,β-unsaturated/α-hetero) is 1. The van der Waals surface area contributed by atoms with Gasteiger partial charge in [0.1, 0.15) is 18.3 Å². The number of aliphatic hydroxyl groups is 2. The fraction of sp³-hybridized carbons (Fsp3) is 0.658. The lowest BCUT2D eigenvalue weighted by Crippen LogP contribution is -2.75. The number of ketones is 1. The van der Waals surface area contributed by atoms with Crippen molar-refractivity contribution < 1.29 is 53.1 Å². The van der Waals surface area contributed by atoms with Crippen LogP contribution in [0.2, 0.25) is 0 Å². The van der Waals surface area contributed by atoms with E-state index in [1.807, 2.05) is 13.8 Å². The average Bonchev–Trinajstić information content (AvgIpc) is 3.09. The number of hydrogen-bond acceptors (Lipinski definition) is 12. The maximum absolute atomic E-state index is 14.9. The zero-order chi connectivity index (χ0) is 38.6. The lowest BCUT2D eigenvalue weighted by atomic mass is 9.40. The predicted octanol–water partition coefficient (Wildman–Crippen LogP) is 2.92. The summed E-state index contributed by atoms with van der Waals surface area (Å²) in [6, 6.07) is 7.65. The molecule has 1 aliphatic heterocycles. The van der Waals surface area contributed by atoms with Crippen molar-refractivity contribution in [2.24, 2.45) is 28.1 Å². The molecule has 2 bridgehead atoms. The zero-order valence-corrected chi connectivity index (χ0v) is 31.5. The van der Waals surface area contributed by atoms with E-state index < -0.39 is 88.0 Å². The second-order valence-corrected chi connectivity index (χ2v) is 16.0. The summed E-state index contributed by atoms with van der Waals surface area (Å²) in [5.41, 5.74) is -3.82. The van der Waals surface area contributed by atoms with E-state index in [4.69, 9.17) is 18.9 Å². The first-order valence-corrected chi connectivity index (χ1v) is 17.9. The summed E-state index contributed by atoms with van der Waals surface area (Å²) in [6.07, 6.45) is -5.83. The summed E-state index contributed by atoms with van der Waals surface area (Å²) < 4.78 is 23.8. The first-order chi connectivity index (χ1) is 24.3. The molecular weight excluding hydrogens is 671 g/mol. The van der Waals surface area contributed by atoms with Crippen molar-refractivity contribution in [3.63, 3.8) is 0 Å². The average molecular weight is 724 g/mol. The fourth-order valence-electron chi connectivity index (χ4n) is 9.80.